The van der Waals surface area contributed by atoms with Crippen LogP contribution in [0.25, 0.3) is 0 Å². The molecule has 0 aliphatic heterocycles. The van der Waals surface area contributed by atoms with Crippen LogP contribution in [0.15, 0.2) is 60.7 Å². The van der Waals surface area contributed by atoms with E-state index < -0.39 is 8.32 Å². The van der Waals surface area contributed by atoms with Gasteiger partial charge in [-0.1, -0.05) is 120 Å². The lowest BCUT2D eigenvalue weighted by Gasteiger charge is -2.43. The fourth-order valence-electron chi connectivity index (χ4n) is 4.32. The molecule has 0 saturated heterocycles. The van der Waals surface area contributed by atoms with Crippen molar-refractivity contribution in [2.45, 2.75) is 71.3 Å². The largest absolute Gasteiger partial charge is 0.405 e. The van der Waals surface area contributed by atoms with Crippen molar-refractivity contribution >= 4 is 18.7 Å². The molecule has 0 aromatic heterocycles. The van der Waals surface area contributed by atoms with Gasteiger partial charge in [0.05, 0.1) is 26.4 Å². The quantitative estimate of drug-likeness (QED) is 0.230. The van der Waals surface area contributed by atoms with Crippen LogP contribution < -0.4 is 10.4 Å². The molecule has 0 unspecified atom stereocenters. The van der Waals surface area contributed by atoms with Gasteiger partial charge in [-0.2, -0.15) is 0 Å². The standard InChI is InChI=1S/C28H44O3Si/c1-5-6-7-8-9-16-21-29-22-23-30-24-25-31-32(28(2,3)4,26-17-12-10-13-18-26)27-19-14-11-15-20-27/h10-15,17-20H,5-9,16,21-25H2,1-4H3. The van der Waals surface area contributed by atoms with E-state index in [1.54, 1.807) is 0 Å². The molecule has 0 fully saturated rings. The van der Waals surface area contributed by atoms with Crippen molar-refractivity contribution < 1.29 is 13.9 Å². The Labute approximate surface area is 197 Å². The highest BCUT2D eigenvalue weighted by molar-refractivity contribution is 6.99. The first-order chi connectivity index (χ1) is 15.5. The Morgan fingerprint density at radius 1 is 0.594 bits per heavy atom. The van der Waals surface area contributed by atoms with Gasteiger partial charge in [0.2, 0.25) is 0 Å². The SMILES string of the molecule is CCCCCCCCOCCOCCO[Si](c1ccccc1)(c1ccccc1)C(C)(C)C. The summed E-state index contributed by atoms with van der Waals surface area (Å²) in [5, 5.41) is 2.61. The van der Waals surface area contributed by atoms with Gasteiger partial charge >= 0.3 is 0 Å². The molecule has 0 atom stereocenters. The van der Waals surface area contributed by atoms with Gasteiger partial charge in [0.1, 0.15) is 0 Å². The molecule has 0 N–H and O–H groups in total. The highest BCUT2D eigenvalue weighted by Gasteiger charge is 2.49. The summed E-state index contributed by atoms with van der Waals surface area (Å²) < 4.78 is 18.4. The molecule has 0 bridgehead atoms. The third-order valence-electron chi connectivity index (χ3n) is 5.98. The maximum absolute atomic E-state index is 6.83. The third-order valence-corrected chi connectivity index (χ3v) is 11.0. The van der Waals surface area contributed by atoms with Crippen molar-refractivity contribution in [3.63, 3.8) is 0 Å². The number of benzene rings is 2. The zero-order valence-corrected chi connectivity index (χ0v) is 21.8. The van der Waals surface area contributed by atoms with Crippen LogP contribution in [0.3, 0.4) is 0 Å². The predicted molar refractivity (Wildman–Crippen MR) is 139 cm³/mol. The van der Waals surface area contributed by atoms with Crippen molar-refractivity contribution in [3.8, 4) is 0 Å². The fourth-order valence-corrected chi connectivity index (χ4v) is 8.87. The Hall–Kier alpha value is -1.46. The summed E-state index contributed by atoms with van der Waals surface area (Å²) in [6.45, 7) is 12.5. The summed E-state index contributed by atoms with van der Waals surface area (Å²) >= 11 is 0. The Morgan fingerprint density at radius 2 is 1.06 bits per heavy atom. The lowest BCUT2D eigenvalue weighted by Crippen LogP contribution is -2.66. The normalized spacial score (nSPS) is 12.2. The van der Waals surface area contributed by atoms with Crippen molar-refractivity contribution in [2.24, 2.45) is 0 Å². The molecule has 0 radical (unpaired) electrons. The number of unbranched alkanes of at least 4 members (excludes halogenated alkanes) is 5. The minimum atomic E-state index is -2.46. The van der Waals surface area contributed by atoms with Gasteiger partial charge in [-0.15, -0.1) is 0 Å². The predicted octanol–water partition coefficient (Wildman–Crippen LogP) is 5.96. The van der Waals surface area contributed by atoms with E-state index in [1.165, 1.54) is 42.5 Å². The molecule has 2 aromatic carbocycles. The Morgan fingerprint density at radius 3 is 1.59 bits per heavy atom. The first-order valence-corrected chi connectivity index (χ1v) is 14.3. The molecular formula is C28H44O3Si. The maximum atomic E-state index is 6.83. The zero-order valence-electron chi connectivity index (χ0n) is 20.8. The van der Waals surface area contributed by atoms with Crippen molar-refractivity contribution in [2.75, 3.05) is 33.0 Å². The second-order valence-corrected chi connectivity index (χ2v) is 13.8. The van der Waals surface area contributed by atoms with E-state index in [-0.39, 0.29) is 5.04 Å². The molecular weight excluding hydrogens is 412 g/mol. The van der Waals surface area contributed by atoms with Gasteiger partial charge in [0.25, 0.3) is 8.32 Å². The smallest absolute Gasteiger partial charge is 0.261 e. The number of hydrogen-bond donors (Lipinski definition) is 0. The lowest BCUT2D eigenvalue weighted by atomic mass is 10.1. The summed E-state index contributed by atoms with van der Waals surface area (Å²) in [4.78, 5) is 0. The van der Waals surface area contributed by atoms with E-state index in [0.717, 1.165) is 13.0 Å². The topological polar surface area (TPSA) is 27.7 Å². The molecule has 0 spiro atoms. The van der Waals surface area contributed by atoms with Crippen LogP contribution in [0.2, 0.25) is 5.04 Å². The molecule has 0 aliphatic rings. The first kappa shape index (κ1) is 26.8. The number of ether oxygens (including phenoxy) is 2. The average Bonchev–Trinajstić information content (AvgIpc) is 2.80. The molecule has 0 aliphatic carbocycles. The minimum absolute atomic E-state index is 0.00402. The molecule has 2 rings (SSSR count). The molecule has 32 heavy (non-hydrogen) atoms. The van der Waals surface area contributed by atoms with E-state index >= 15 is 0 Å². The van der Waals surface area contributed by atoms with E-state index in [9.17, 15) is 0 Å². The molecule has 0 heterocycles. The molecule has 0 saturated carbocycles. The van der Waals surface area contributed by atoms with Crippen LogP contribution in [0.4, 0.5) is 0 Å². The monoisotopic (exact) mass is 456 g/mol. The van der Waals surface area contributed by atoms with Crippen LogP contribution >= 0.6 is 0 Å². The first-order valence-electron chi connectivity index (χ1n) is 12.4. The summed E-state index contributed by atoms with van der Waals surface area (Å²) in [5.74, 6) is 0. The highest BCUT2D eigenvalue weighted by Crippen LogP contribution is 2.36. The van der Waals surface area contributed by atoms with E-state index in [0.29, 0.717) is 26.4 Å². The fraction of sp³-hybridized carbons (Fsp3) is 0.571. The van der Waals surface area contributed by atoms with E-state index in [4.69, 9.17) is 13.9 Å². The van der Waals surface area contributed by atoms with Crippen LogP contribution in [0.1, 0.15) is 66.2 Å². The summed E-state index contributed by atoms with van der Waals surface area (Å²) in [6.07, 6.45) is 7.75. The second kappa shape index (κ2) is 14.6. The lowest BCUT2D eigenvalue weighted by molar-refractivity contribution is 0.0340. The molecule has 2 aromatic rings. The van der Waals surface area contributed by atoms with Crippen LogP contribution in [-0.4, -0.2) is 41.4 Å². The minimum Gasteiger partial charge on any atom is -0.405 e. The average molecular weight is 457 g/mol. The molecule has 4 heteroatoms. The van der Waals surface area contributed by atoms with Gasteiger partial charge in [0, 0.05) is 6.61 Å². The van der Waals surface area contributed by atoms with E-state index in [1.807, 2.05) is 0 Å². The number of rotatable bonds is 16. The van der Waals surface area contributed by atoms with Crippen LogP contribution in [-0.2, 0) is 13.9 Å². The van der Waals surface area contributed by atoms with Gasteiger partial charge in [-0.3, -0.25) is 0 Å². The Balaban J connectivity index is 1.82. The van der Waals surface area contributed by atoms with Gasteiger partial charge in [0.15, 0.2) is 0 Å². The highest BCUT2D eigenvalue weighted by atomic mass is 28.4. The van der Waals surface area contributed by atoms with Crippen molar-refractivity contribution in [3.05, 3.63) is 60.7 Å². The van der Waals surface area contributed by atoms with Gasteiger partial charge < -0.3 is 13.9 Å². The van der Waals surface area contributed by atoms with E-state index in [2.05, 4.69) is 88.4 Å². The summed E-state index contributed by atoms with van der Waals surface area (Å²) in [7, 11) is -2.46. The summed E-state index contributed by atoms with van der Waals surface area (Å²) in [5.41, 5.74) is 0. The maximum Gasteiger partial charge on any atom is 0.261 e. The summed E-state index contributed by atoms with van der Waals surface area (Å²) in [6, 6.07) is 21.5. The molecule has 178 valence electrons. The molecule has 3 nitrogen and oxygen atoms in total. The van der Waals surface area contributed by atoms with Crippen LogP contribution in [0.5, 0.6) is 0 Å². The van der Waals surface area contributed by atoms with Crippen molar-refractivity contribution in [1.82, 2.24) is 0 Å². The van der Waals surface area contributed by atoms with Crippen molar-refractivity contribution in [1.29, 1.82) is 0 Å². The third kappa shape index (κ3) is 8.15. The van der Waals surface area contributed by atoms with Gasteiger partial charge in [-0.25, -0.2) is 0 Å². The number of hydrogen-bond acceptors (Lipinski definition) is 3. The second-order valence-electron chi connectivity index (χ2n) is 9.50. The Kier molecular flexibility index (Phi) is 12.3. The zero-order chi connectivity index (χ0) is 23.1. The van der Waals surface area contributed by atoms with Crippen LogP contribution in [0, 0.1) is 0 Å². The molecule has 0 amide bonds. The van der Waals surface area contributed by atoms with Gasteiger partial charge in [-0.05, 0) is 21.8 Å². The Bertz CT molecular complexity index is 673.